The second-order valence-electron chi connectivity index (χ2n) is 3.66. The summed E-state index contributed by atoms with van der Waals surface area (Å²) < 4.78 is 5.63. The Labute approximate surface area is 111 Å². The molecular formula is C13H13N3OS. The van der Waals surface area contributed by atoms with Crippen LogP contribution in [0, 0.1) is 0 Å². The molecule has 2 aromatic rings. The van der Waals surface area contributed by atoms with Gasteiger partial charge in [-0.2, -0.15) is 0 Å². The fourth-order valence-electron chi connectivity index (χ4n) is 1.42. The third kappa shape index (κ3) is 3.71. The van der Waals surface area contributed by atoms with Gasteiger partial charge in [-0.1, -0.05) is 0 Å². The Morgan fingerprint density at radius 2 is 1.83 bits per heavy atom. The topological polar surface area (TPSA) is 60.2 Å². The van der Waals surface area contributed by atoms with Crippen LogP contribution < -0.4 is 15.8 Å². The van der Waals surface area contributed by atoms with Crippen LogP contribution in [0.25, 0.3) is 0 Å². The summed E-state index contributed by atoms with van der Waals surface area (Å²) in [7, 11) is 0. The van der Waals surface area contributed by atoms with Crippen LogP contribution in [0.3, 0.4) is 0 Å². The number of hydrogen-bond acceptors (Lipinski definition) is 3. The van der Waals surface area contributed by atoms with Crippen LogP contribution in [-0.2, 0) is 6.61 Å². The van der Waals surface area contributed by atoms with Crippen LogP contribution in [0.2, 0.25) is 0 Å². The SMILES string of the molecule is NC(=S)Nc1ccc(OCc2ccncc2)cc1. The number of hydrogen-bond donors (Lipinski definition) is 2. The molecule has 3 N–H and O–H groups in total. The Kier molecular flexibility index (Phi) is 4.09. The Bertz CT molecular complexity index is 514. The molecule has 0 aliphatic rings. The van der Waals surface area contributed by atoms with E-state index in [-0.39, 0.29) is 5.11 Å². The molecule has 92 valence electrons. The van der Waals surface area contributed by atoms with E-state index in [0.717, 1.165) is 17.0 Å². The molecule has 4 nitrogen and oxygen atoms in total. The van der Waals surface area contributed by atoms with Gasteiger partial charge in [0.25, 0.3) is 0 Å². The van der Waals surface area contributed by atoms with E-state index in [2.05, 4.69) is 10.3 Å². The van der Waals surface area contributed by atoms with Crippen LogP contribution in [-0.4, -0.2) is 10.1 Å². The van der Waals surface area contributed by atoms with Crippen molar-refractivity contribution in [1.29, 1.82) is 0 Å². The predicted octanol–water partition coefficient (Wildman–Crippen LogP) is 2.32. The first kappa shape index (κ1) is 12.3. The fraction of sp³-hybridized carbons (Fsp3) is 0.0769. The number of benzene rings is 1. The van der Waals surface area contributed by atoms with Crippen LogP contribution >= 0.6 is 12.2 Å². The van der Waals surface area contributed by atoms with Crippen molar-refractivity contribution in [2.45, 2.75) is 6.61 Å². The number of rotatable bonds is 4. The molecule has 1 heterocycles. The van der Waals surface area contributed by atoms with Gasteiger partial charge >= 0.3 is 0 Å². The maximum atomic E-state index is 5.63. The second kappa shape index (κ2) is 5.97. The number of anilines is 1. The van der Waals surface area contributed by atoms with E-state index in [0.29, 0.717) is 6.61 Å². The Balaban J connectivity index is 1.92. The van der Waals surface area contributed by atoms with Crippen molar-refractivity contribution in [3.63, 3.8) is 0 Å². The summed E-state index contributed by atoms with van der Waals surface area (Å²) in [5.74, 6) is 0.792. The molecular weight excluding hydrogens is 246 g/mol. The van der Waals surface area contributed by atoms with Crippen molar-refractivity contribution in [3.8, 4) is 5.75 Å². The first-order chi connectivity index (χ1) is 8.74. The van der Waals surface area contributed by atoms with Crippen molar-refractivity contribution in [3.05, 3.63) is 54.4 Å². The van der Waals surface area contributed by atoms with Gasteiger partial charge in [-0.25, -0.2) is 0 Å². The molecule has 1 aromatic heterocycles. The van der Waals surface area contributed by atoms with Gasteiger partial charge in [0.15, 0.2) is 5.11 Å². The number of thiocarbonyl (C=S) groups is 1. The number of aromatic nitrogens is 1. The summed E-state index contributed by atoms with van der Waals surface area (Å²) in [5, 5.41) is 3.10. The van der Waals surface area contributed by atoms with E-state index in [4.69, 9.17) is 22.7 Å². The quantitative estimate of drug-likeness (QED) is 0.825. The molecule has 0 bridgehead atoms. The molecule has 18 heavy (non-hydrogen) atoms. The Morgan fingerprint density at radius 1 is 1.17 bits per heavy atom. The number of nitrogens with zero attached hydrogens (tertiary/aromatic N) is 1. The summed E-state index contributed by atoms with van der Waals surface area (Å²) in [6, 6.07) is 11.3. The highest BCUT2D eigenvalue weighted by Gasteiger charge is 1.97. The average Bonchev–Trinajstić information content (AvgIpc) is 2.38. The summed E-state index contributed by atoms with van der Waals surface area (Å²) in [5.41, 5.74) is 7.31. The largest absolute Gasteiger partial charge is 0.489 e. The minimum Gasteiger partial charge on any atom is -0.489 e. The van der Waals surface area contributed by atoms with Crippen molar-refractivity contribution in [1.82, 2.24) is 4.98 Å². The molecule has 0 aliphatic carbocycles. The molecule has 0 amide bonds. The zero-order valence-electron chi connectivity index (χ0n) is 9.67. The highest BCUT2D eigenvalue weighted by molar-refractivity contribution is 7.80. The van der Waals surface area contributed by atoms with Gasteiger partial charge in [0, 0.05) is 18.1 Å². The highest BCUT2D eigenvalue weighted by atomic mass is 32.1. The summed E-state index contributed by atoms with van der Waals surface area (Å²) in [6.07, 6.45) is 3.49. The lowest BCUT2D eigenvalue weighted by Crippen LogP contribution is -2.18. The van der Waals surface area contributed by atoms with E-state index in [1.807, 2.05) is 36.4 Å². The first-order valence-electron chi connectivity index (χ1n) is 5.42. The first-order valence-corrected chi connectivity index (χ1v) is 5.83. The Hall–Kier alpha value is -2.14. The lowest BCUT2D eigenvalue weighted by Gasteiger charge is -2.08. The van der Waals surface area contributed by atoms with Crippen molar-refractivity contribution < 1.29 is 4.74 Å². The van der Waals surface area contributed by atoms with Crippen molar-refractivity contribution >= 4 is 23.0 Å². The molecule has 1 aromatic carbocycles. The molecule has 0 saturated carbocycles. The fourth-order valence-corrected chi connectivity index (χ4v) is 1.54. The molecule has 0 atom stereocenters. The maximum absolute atomic E-state index is 5.63. The molecule has 2 rings (SSSR count). The van der Waals surface area contributed by atoms with Gasteiger partial charge in [0.05, 0.1) is 0 Å². The van der Waals surface area contributed by atoms with E-state index in [1.165, 1.54) is 0 Å². The summed E-state index contributed by atoms with van der Waals surface area (Å²) >= 11 is 4.75. The predicted molar refractivity (Wildman–Crippen MR) is 75.4 cm³/mol. The highest BCUT2D eigenvalue weighted by Crippen LogP contribution is 2.16. The molecule has 0 unspecified atom stereocenters. The number of nitrogens with two attached hydrogens (primary N) is 1. The van der Waals surface area contributed by atoms with E-state index >= 15 is 0 Å². The van der Waals surface area contributed by atoms with Crippen molar-refractivity contribution in [2.75, 3.05) is 5.32 Å². The molecule has 5 heteroatoms. The number of pyridine rings is 1. The Morgan fingerprint density at radius 3 is 2.44 bits per heavy atom. The van der Waals surface area contributed by atoms with Crippen LogP contribution in [0.5, 0.6) is 5.75 Å². The lowest BCUT2D eigenvalue weighted by atomic mass is 10.3. The summed E-state index contributed by atoms with van der Waals surface area (Å²) in [6.45, 7) is 0.518. The van der Waals surface area contributed by atoms with Crippen LogP contribution in [0.1, 0.15) is 5.56 Å². The van der Waals surface area contributed by atoms with E-state index in [1.54, 1.807) is 12.4 Å². The van der Waals surface area contributed by atoms with Gasteiger partial charge in [-0.05, 0) is 54.2 Å². The zero-order chi connectivity index (χ0) is 12.8. The van der Waals surface area contributed by atoms with Gasteiger partial charge in [0.2, 0.25) is 0 Å². The van der Waals surface area contributed by atoms with Gasteiger partial charge in [0.1, 0.15) is 12.4 Å². The lowest BCUT2D eigenvalue weighted by molar-refractivity contribution is 0.306. The minimum absolute atomic E-state index is 0.250. The van der Waals surface area contributed by atoms with Crippen LogP contribution in [0.15, 0.2) is 48.8 Å². The normalized spacial score (nSPS) is 9.78. The monoisotopic (exact) mass is 259 g/mol. The molecule has 0 aliphatic heterocycles. The molecule has 0 fully saturated rings. The maximum Gasteiger partial charge on any atom is 0.168 e. The standard InChI is InChI=1S/C13H13N3OS/c14-13(18)16-11-1-3-12(4-2-11)17-9-10-5-7-15-8-6-10/h1-8H,9H2,(H3,14,16,18). The molecule has 0 radical (unpaired) electrons. The van der Waals surface area contributed by atoms with Gasteiger partial charge < -0.3 is 15.8 Å². The van der Waals surface area contributed by atoms with Gasteiger partial charge in [-0.15, -0.1) is 0 Å². The van der Waals surface area contributed by atoms with E-state index < -0.39 is 0 Å². The average molecular weight is 259 g/mol. The molecule has 0 spiro atoms. The van der Waals surface area contributed by atoms with Crippen molar-refractivity contribution in [2.24, 2.45) is 5.73 Å². The third-order valence-corrected chi connectivity index (χ3v) is 2.38. The van der Waals surface area contributed by atoms with E-state index in [9.17, 15) is 0 Å². The molecule has 0 saturated heterocycles. The third-order valence-electron chi connectivity index (χ3n) is 2.28. The van der Waals surface area contributed by atoms with Gasteiger partial charge in [-0.3, -0.25) is 4.98 Å². The smallest absolute Gasteiger partial charge is 0.168 e. The number of nitrogens with one attached hydrogen (secondary N) is 1. The minimum atomic E-state index is 0.250. The van der Waals surface area contributed by atoms with Crippen LogP contribution in [0.4, 0.5) is 5.69 Å². The second-order valence-corrected chi connectivity index (χ2v) is 4.10. The summed E-state index contributed by atoms with van der Waals surface area (Å²) in [4.78, 5) is 3.95. The number of ether oxygens (including phenoxy) is 1. The zero-order valence-corrected chi connectivity index (χ0v) is 10.5.